The van der Waals surface area contributed by atoms with E-state index in [4.69, 9.17) is 0 Å². The highest BCUT2D eigenvalue weighted by atomic mass is 79.9. The van der Waals surface area contributed by atoms with Crippen LogP contribution in [0.3, 0.4) is 0 Å². The van der Waals surface area contributed by atoms with E-state index in [1.165, 1.54) is 6.07 Å². The van der Waals surface area contributed by atoms with Crippen LogP contribution in [0.1, 0.15) is 21.5 Å². The van der Waals surface area contributed by atoms with E-state index in [0.29, 0.717) is 18.5 Å². The van der Waals surface area contributed by atoms with Gasteiger partial charge in [-0.3, -0.25) is 4.79 Å². The Morgan fingerprint density at radius 1 is 1.19 bits per heavy atom. The number of halogens is 3. The van der Waals surface area contributed by atoms with Crippen molar-refractivity contribution >= 4 is 21.7 Å². The summed E-state index contributed by atoms with van der Waals surface area (Å²) >= 11 is 2.98. The van der Waals surface area contributed by atoms with E-state index in [2.05, 4.69) is 21.2 Å². The maximum absolute atomic E-state index is 14.1. The molecule has 0 aliphatic carbocycles. The molecule has 0 aromatic heterocycles. The minimum absolute atomic E-state index is 0.0694. The SMILES string of the molecule is CNCCc1ccccc1C(=O)c1c(F)ccc(Br)c1F. The van der Waals surface area contributed by atoms with Gasteiger partial charge in [-0.1, -0.05) is 24.3 Å². The second-order valence-corrected chi connectivity index (χ2v) is 5.41. The fourth-order valence-corrected chi connectivity index (χ4v) is 2.42. The summed E-state index contributed by atoms with van der Waals surface area (Å²) in [4.78, 5) is 12.5. The van der Waals surface area contributed by atoms with Crippen molar-refractivity contribution < 1.29 is 13.6 Å². The van der Waals surface area contributed by atoms with Gasteiger partial charge in [-0.2, -0.15) is 0 Å². The first-order valence-electron chi connectivity index (χ1n) is 6.47. The average Bonchev–Trinajstić information content (AvgIpc) is 2.49. The van der Waals surface area contributed by atoms with E-state index in [0.717, 1.165) is 11.6 Å². The molecule has 0 heterocycles. The average molecular weight is 354 g/mol. The first-order chi connectivity index (χ1) is 10.1. The van der Waals surface area contributed by atoms with Crippen molar-refractivity contribution in [1.82, 2.24) is 5.32 Å². The summed E-state index contributed by atoms with van der Waals surface area (Å²) in [6.07, 6.45) is 0.607. The first-order valence-corrected chi connectivity index (χ1v) is 7.26. The van der Waals surface area contributed by atoms with Gasteiger partial charge in [0, 0.05) is 5.56 Å². The van der Waals surface area contributed by atoms with E-state index in [9.17, 15) is 13.6 Å². The molecule has 0 atom stereocenters. The molecular weight excluding hydrogens is 340 g/mol. The van der Waals surface area contributed by atoms with Gasteiger partial charge in [-0.25, -0.2) is 8.78 Å². The standard InChI is InChI=1S/C16H14BrF2NO/c1-20-9-8-10-4-2-3-5-11(10)16(21)14-13(18)7-6-12(17)15(14)19/h2-7,20H,8-9H2,1H3. The smallest absolute Gasteiger partial charge is 0.199 e. The first kappa shape index (κ1) is 15.8. The minimum Gasteiger partial charge on any atom is -0.319 e. The van der Waals surface area contributed by atoms with E-state index >= 15 is 0 Å². The number of hydrogen-bond donors (Lipinski definition) is 1. The molecular formula is C16H14BrF2NO. The van der Waals surface area contributed by atoms with E-state index in [1.807, 2.05) is 0 Å². The molecule has 0 saturated carbocycles. The Morgan fingerprint density at radius 3 is 2.62 bits per heavy atom. The summed E-state index contributed by atoms with van der Waals surface area (Å²) < 4.78 is 28.0. The van der Waals surface area contributed by atoms with E-state index in [1.54, 1.807) is 31.3 Å². The number of nitrogens with one attached hydrogen (secondary N) is 1. The van der Waals surface area contributed by atoms with Gasteiger partial charge in [0.05, 0.1) is 10.0 Å². The van der Waals surface area contributed by atoms with Gasteiger partial charge >= 0.3 is 0 Å². The van der Waals surface area contributed by atoms with Crippen molar-refractivity contribution in [2.24, 2.45) is 0 Å². The summed E-state index contributed by atoms with van der Waals surface area (Å²) in [5, 5.41) is 2.99. The number of carbonyl (C=O) groups is 1. The maximum Gasteiger partial charge on any atom is 0.199 e. The van der Waals surface area contributed by atoms with Crippen LogP contribution in [-0.4, -0.2) is 19.4 Å². The minimum atomic E-state index is -0.872. The lowest BCUT2D eigenvalue weighted by atomic mass is 9.96. The molecule has 2 aromatic carbocycles. The topological polar surface area (TPSA) is 29.1 Å². The molecule has 0 aliphatic rings. The molecule has 5 heteroatoms. The zero-order valence-corrected chi connectivity index (χ0v) is 13.0. The highest BCUT2D eigenvalue weighted by molar-refractivity contribution is 9.10. The summed E-state index contributed by atoms with van der Waals surface area (Å²) in [7, 11) is 1.80. The molecule has 110 valence electrons. The third-order valence-corrected chi connectivity index (χ3v) is 3.79. The Bertz CT molecular complexity index is 673. The fourth-order valence-electron chi connectivity index (χ4n) is 2.09. The Morgan fingerprint density at radius 2 is 1.90 bits per heavy atom. The predicted molar refractivity (Wildman–Crippen MR) is 81.6 cm³/mol. The third-order valence-electron chi connectivity index (χ3n) is 3.18. The predicted octanol–water partition coefficient (Wildman–Crippen LogP) is 3.72. The molecule has 0 spiro atoms. The third kappa shape index (κ3) is 3.36. The molecule has 0 bridgehead atoms. The molecule has 1 N–H and O–H groups in total. The van der Waals surface area contributed by atoms with Crippen LogP contribution in [0.25, 0.3) is 0 Å². The van der Waals surface area contributed by atoms with Crippen molar-refractivity contribution in [2.45, 2.75) is 6.42 Å². The normalized spacial score (nSPS) is 10.7. The van der Waals surface area contributed by atoms with Crippen LogP contribution >= 0.6 is 15.9 Å². The van der Waals surface area contributed by atoms with Crippen LogP contribution < -0.4 is 5.32 Å². The van der Waals surface area contributed by atoms with Crippen molar-refractivity contribution in [3.8, 4) is 0 Å². The molecule has 2 rings (SSSR count). The lowest BCUT2D eigenvalue weighted by molar-refractivity contribution is 0.103. The number of carbonyl (C=O) groups excluding carboxylic acids is 1. The fraction of sp³-hybridized carbons (Fsp3) is 0.188. The highest BCUT2D eigenvalue weighted by Gasteiger charge is 2.22. The summed E-state index contributed by atoms with van der Waals surface area (Å²) in [5.74, 6) is -2.37. The Labute approximate surface area is 130 Å². The largest absolute Gasteiger partial charge is 0.319 e. The molecule has 2 nitrogen and oxygen atoms in total. The number of rotatable bonds is 5. The van der Waals surface area contributed by atoms with Gasteiger partial charge in [0.15, 0.2) is 11.6 Å². The zero-order chi connectivity index (χ0) is 15.4. The summed E-state index contributed by atoms with van der Waals surface area (Å²) in [6, 6.07) is 9.19. The van der Waals surface area contributed by atoms with Crippen LogP contribution in [0.15, 0.2) is 40.9 Å². The quantitative estimate of drug-likeness (QED) is 0.655. The van der Waals surface area contributed by atoms with Crippen LogP contribution in [0, 0.1) is 11.6 Å². The second-order valence-electron chi connectivity index (χ2n) is 4.56. The molecule has 0 radical (unpaired) electrons. The van der Waals surface area contributed by atoms with Gasteiger partial charge in [-0.15, -0.1) is 0 Å². The molecule has 2 aromatic rings. The van der Waals surface area contributed by atoms with E-state index < -0.39 is 23.0 Å². The lowest BCUT2D eigenvalue weighted by Gasteiger charge is -2.10. The van der Waals surface area contributed by atoms with Crippen LogP contribution in [-0.2, 0) is 6.42 Å². The molecule has 0 amide bonds. The molecule has 0 aliphatic heterocycles. The number of benzene rings is 2. The summed E-state index contributed by atoms with van der Waals surface area (Å²) in [5.41, 5.74) is 0.556. The van der Waals surface area contributed by atoms with E-state index in [-0.39, 0.29) is 4.47 Å². The van der Waals surface area contributed by atoms with Crippen LogP contribution in [0.4, 0.5) is 8.78 Å². The van der Waals surface area contributed by atoms with Gasteiger partial charge in [0.1, 0.15) is 5.82 Å². The van der Waals surface area contributed by atoms with Crippen molar-refractivity contribution in [3.63, 3.8) is 0 Å². The van der Waals surface area contributed by atoms with Crippen LogP contribution in [0.5, 0.6) is 0 Å². The Kier molecular flexibility index (Phi) is 5.20. The Balaban J connectivity index is 2.48. The maximum atomic E-state index is 14.1. The molecule has 0 fully saturated rings. The van der Waals surface area contributed by atoms with Crippen molar-refractivity contribution in [1.29, 1.82) is 0 Å². The molecule has 0 saturated heterocycles. The lowest BCUT2D eigenvalue weighted by Crippen LogP contribution is -2.15. The monoisotopic (exact) mass is 353 g/mol. The summed E-state index contributed by atoms with van der Waals surface area (Å²) in [6.45, 7) is 0.674. The van der Waals surface area contributed by atoms with Gasteiger partial charge in [0.25, 0.3) is 0 Å². The second kappa shape index (κ2) is 6.91. The van der Waals surface area contributed by atoms with Crippen molar-refractivity contribution in [3.05, 3.63) is 69.2 Å². The molecule has 0 unspecified atom stereocenters. The number of ketones is 1. The number of likely N-dealkylation sites (N-methyl/N-ethyl adjacent to an activating group) is 1. The van der Waals surface area contributed by atoms with Gasteiger partial charge in [0.2, 0.25) is 0 Å². The van der Waals surface area contributed by atoms with Crippen LogP contribution in [0.2, 0.25) is 0 Å². The van der Waals surface area contributed by atoms with Gasteiger partial charge < -0.3 is 5.32 Å². The number of hydrogen-bond acceptors (Lipinski definition) is 2. The zero-order valence-electron chi connectivity index (χ0n) is 11.4. The van der Waals surface area contributed by atoms with Crippen molar-refractivity contribution in [2.75, 3.05) is 13.6 Å². The highest BCUT2D eigenvalue weighted by Crippen LogP contribution is 2.25. The van der Waals surface area contributed by atoms with Gasteiger partial charge in [-0.05, 0) is 53.6 Å². The Hall–Kier alpha value is -1.59. The molecule has 21 heavy (non-hydrogen) atoms.